The molecule has 0 unspecified atom stereocenters. The molecular formula is C9H6Cl2N2O3S. The third-order valence-corrected chi connectivity index (χ3v) is 3.89. The van der Waals surface area contributed by atoms with Gasteiger partial charge in [-0.15, -0.1) is 0 Å². The first kappa shape index (κ1) is 12.4. The summed E-state index contributed by atoms with van der Waals surface area (Å²) in [5.74, 6) is -0.213. The smallest absolute Gasteiger partial charge is 0.241 e. The first-order chi connectivity index (χ1) is 7.80. The van der Waals surface area contributed by atoms with Crippen LogP contribution in [0.4, 0.5) is 0 Å². The highest BCUT2D eigenvalue weighted by atomic mass is 35.5. The lowest BCUT2D eigenvalue weighted by Gasteiger charge is -2.06. The predicted molar refractivity (Wildman–Crippen MR) is 64.8 cm³/mol. The zero-order chi connectivity index (χ0) is 12.8. The van der Waals surface area contributed by atoms with Crippen molar-refractivity contribution in [1.82, 2.24) is 4.98 Å². The molecule has 1 heterocycles. The SMILES string of the molecule is NS(=O)(=O)c1cnc2cc(Cl)c(O)cc2c1Cl. The maximum atomic E-state index is 11.2. The van der Waals surface area contributed by atoms with Crippen molar-refractivity contribution in [2.24, 2.45) is 5.14 Å². The molecule has 0 aliphatic rings. The molecule has 0 fully saturated rings. The number of phenols is 1. The fourth-order valence-electron chi connectivity index (χ4n) is 1.35. The minimum atomic E-state index is -3.96. The summed E-state index contributed by atoms with van der Waals surface area (Å²) in [4.78, 5) is 3.57. The fourth-order valence-corrected chi connectivity index (χ4v) is 2.59. The van der Waals surface area contributed by atoms with Gasteiger partial charge < -0.3 is 5.11 Å². The highest BCUT2D eigenvalue weighted by Crippen LogP contribution is 2.34. The number of phenolic OH excluding ortho intramolecular Hbond substituents is 1. The van der Waals surface area contributed by atoms with E-state index in [0.29, 0.717) is 5.52 Å². The number of fused-ring (bicyclic) bond motifs is 1. The molecule has 0 aliphatic carbocycles. The Labute approximate surface area is 107 Å². The zero-order valence-electron chi connectivity index (χ0n) is 8.18. The molecule has 0 radical (unpaired) electrons. The second-order valence-corrected chi connectivity index (χ2v) is 5.62. The summed E-state index contributed by atoms with van der Waals surface area (Å²) < 4.78 is 22.4. The van der Waals surface area contributed by atoms with Crippen LogP contribution in [-0.4, -0.2) is 18.5 Å². The van der Waals surface area contributed by atoms with Crippen LogP contribution in [0.15, 0.2) is 23.2 Å². The second-order valence-electron chi connectivity index (χ2n) is 3.30. The first-order valence-corrected chi connectivity index (χ1v) is 6.60. The largest absolute Gasteiger partial charge is 0.506 e. The van der Waals surface area contributed by atoms with Gasteiger partial charge in [-0.1, -0.05) is 23.2 Å². The quantitative estimate of drug-likeness (QED) is 0.839. The molecule has 0 aliphatic heterocycles. The van der Waals surface area contributed by atoms with E-state index in [4.69, 9.17) is 28.3 Å². The third kappa shape index (κ3) is 2.16. The second kappa shape index (κ2) is 3.99. The number of aromatic nitrogens is 1. The highest BCUT2D eigenvalue weighted by Gasteiger charge is 2.17. The number of hydrogen-bond donors (Lipinski definition) is 2. The van der Waals surface area contributed by atoms with Crippen LogP contribution in [-0.2, 0) is 10.0 Å². The highest BCUT2D eigenvalue weighted by molar-refractivity contribution is 7.89. The molecule has 0 saturated heterocycles. The summed E-state index contributed by atoms with van der Waals surface area (Å²) in [7, 11) is -3.96. The van der Waals surface area contributed by atoms with Crippen molar-refractivity contribution in [1.29, 1.82) is 0 Å². The van der Waals surface area contributed by atoms with Crippen LogP contribution in [0.2, 0.25) is 10.0 Å². The topological polar surface area (TPSA) is 93.3 Å². The van der Waals surface area contributed by atoms with Crippen LogP contribution in [0, 0.1) is 0 Å². The Hall–Kier alpha value is -1.08. The molecule has 5 nitrogen and oxygen atoms in total. The van der Waals surface area contributed by atoms with E-state index in [1.807, 2.05) is 0 Å². The van der Waals surface area contributed by atoms with Gasteiger partial charge in [0, 0.05) is 11.6 Å². The summed E-state index contributed by atoms with van der Waals surface area (Å²) in [5.41, 5.74) is 0.366. The molecule has 1 aromatic carbocycles. The summed E-state index contributed by atoms with van der Waals surface area (Å²) >= 11 is 11.6. The molecule has 0 spiro atoms. The van der Waals surface area contributed by atoms with E-state index in [1.54, 1.807) is 0 Å². The number of hydrogen-bond acceptors (Lipinski definition) is 4. The van der Waals surface area contributed by atoms with Crippen LogP contribution in [0.5, 0.6) is 5.75 Å². The van der Waals surface area contributed by atoms with Crippen molar-refractivity contribution in [3.63, 3.8) is 0 Å². The Morgan fingerprint density at radius 1 is 1.29 bits per heavy atom. The van der Waals surface area contributed by atoms with Gasteiger partial charge in [-0.3, -0.25) is 4.98 Å². The Balaban J connectivity index is 2.90. The maximum Gasteiger partial charge on any atom is 0.241 e. The van der Waals surface area contributed by atoms with Crippen molar-refractivity contribution in [2.45, 2.75) is 4.90 Å². The van der Waals surface area contributed by atoms with Crippen molar-refractivity contribution >= 4 is 44.1 Å². The Kier molecular flexibility index (Phi) is 2.90. The van der Waals surface area contributed by atoms with E-state index in [9.17, 15) is 13.5 Å². The Morgan fingerprint density at radius 3 is 2.53 bits per heavy atom. The lowest BCUT2D eigenvalue weighted by molar-refractivity contribution is 0.476. The van der Waals surface area contributed by atoms with Gasteiger partial charge in [0.25, 0.3) is 0 Å². The van der Waals surface area contributed by atoms with E-state index >= 15 is 0 Å². The van der Waals surface area contributed by atoms with Gasteiger partial charge in [0.1, 0.15) is 10.6 Å². The average molecular weight is 293 g/mol. The molecule has 0 saturated carbocycles. The number of benzene rings is 1. The molecule has 17 heavy (non-hydrogen) atoms. The molecule has 2 rings (SSSR count). The molecular weight excluding hydrogens is 287 g/mol. The summed E-state index contributed by atoms with van der Waals surface area (Å²) in [6.07, 6.45) is 1.05. The van der Waals surface area contributed by atoms with Gasteiger partial charge >= 0.3 is 0 Å². The molecule has 1 aromatic heterocycles. The monoisotopic (exact) mass is 292 g/mol. The lowest BCUT2D eigenvalue weighted by atomic mass is 10.2. The van der Waals surface area contributed by atoms with E-state index in [-0.39, 0.29) is 26.1 Å². The number of halogens is 2. The molecule has 0 amide bonds. The Bertz CT molecular complexity index is 716. The van der Waals surface area contributed by atoms with E-state index < -0.39 is 10.0 Å². The van der Waals surface area contributed by atoms with Crippen molar-refractivity contribution in [3.05, 3.63) is 28.4 Å². The molecule has 0 atom stereocenters. The van der Waals surface area contributed by atoms with Gasteiger partial charge in [-0.25, -0.2) is 13.6 Å². The number of sulfonamides is 1. The fraction of sp³-hybridized carbons (Fsp3) is 0. The van der Waals surface area contributed by atoms with Crippen LogP contribution >= 0.6 is 23.2 Å². The average Bonchev–Trinajstić information content (AvgIpc) is 2.19. The van der Waals surface area contributed by atoms with Gasteiger partial charge in [0.15, 0.2) is 0 Å². The zero-order valence-corrected chi connectivity index (χ0v) is 10.5. The minimum Gasteiger partial charge on any atom is -0.506 e. The number of nitrogens with zero attached hydrogens (tertiary/aromatic N) is 1. The number of rotatable bonds is 1. The van der Waals surface area contributed by atoms with Gasteiger partial charge in [0.05, 0.1) is 15.6 Å². The molecule has 0 bridgehead atoms. The van der Waals surface area contributed by atoms with E-state index in [1.165, 1.54) is 12.1 Å². The maximum absolute atomic E-state index is 11.2. The Morgan fingerprint density at radius 2 is 1.94 bits per heavy atom. The normalized spacial score (nSPS) is 11.9. The van der Waals surface area contributed by atoms with Crippen LogP contribution < -0.4 is 5.14 Å². The van der Waals surface area contributed by atoms with Crippen LogP contribution in [0.25, 0.3) is 10.9 Å². The molecule has 3 N–H and O–H groups in total. The third-order valence-electron chi connectivity index (χ3n) is 2.15. The number of nitrogens with two attached hydrogens (primary N) is 1. The van der Waals surface area contributed by atoms with Crippen LogP contribution in [0.3, 0.4) is 0 Å². The van der Waals surface area contributed by atoms with Gasteiger partial charge in [-0.05, 0) is 12.1 Å². The number of aromatic hydroxyl groups is 1. The summed E-state index contributed by atoms with van der Waals surface area (Å²) in [6, 6.07) is 2.62. The van der Waals surface area contributed by atoms with E-state index in [0.717, 1.165) is 6.20 Å². The predicted octanol–water partition coefficient (Wildman–Crippen LogP) is 1.89. The van der Waals surface area contributed by atoms with Crippen LogP contribution in [0.1, 0.15) is 0 Å². The molecule has 90 valence electrons. The standard InChI is InChI=1S/C9H6Cl2N2O3S/c10-5-2-6-4(1-7(5)14)9(11)8(3-13-6)17(12,15)16/h1-3,14H,(H2,12,15,16). The first-order valence-electron chi connectivity index (χ1n) is 4.30. The minimum absolute atomic E-state index is 0.0931. The van der Waals surface area contributed by atoms with Crippen molar-refractivity contribution < 1.29 is 13.5 Å². The van der Waals surface area contributed by atoms with E-state index in [2.05, 4.69) is 4.98 Å². The van der Waals surface area contributed by atoms with Gasteiger partial charge in [0.2, 0.25) is 10.0 Å². The summed E-state index contributed by atoms with van der Waals surface area (Å²) in [6.45, 7) is 0. The van der Waals surface area contributed by atoms with Gasteiger partial charge in [-0.2, -0.15) is 0 Å². The number of pyridine rings is 1. The summed E-state index contributed by atoms with van der Waals surface area (Å²) in [5, 5.41) is 14.7. The molecule has 2 aromatic rings. The number of primary sulfonamides is 1. The lowest BCUT2D eigenvalue weighted by Crippen LogP contribution is -2.13. The van der Waals surface area contributed by atoms with Crippen molar-refractivity contribution in [3.8, 4) is 5.75 Å². The van der Waals surface area contributed by atoms with Crippen molar-refractivity contribution in [2.75, 3.05) is 0 Å². The molecule has 8 heteroatoms.